The van der Waals surface area contributed by atoms with Crippen molar-refractivity contribution in [2.45, 2.75) is 38.5 Å². The van der Waals surface area contributed by atoms with Crippen LogP contribution in [0.5, 0.6) is 0 Å². The highest BCUT2D eigenvalue weighted by Crippen LogP contribution is 2.59. The Bertz CT molecular complexity index is 1310. The Kier molecular flexibility index (Phi) is 2.79. The Morgan fingerprint density at radius 1 is 0.643 bits per heavy atom. The van der Waals surface area contributed by atoms with E-state index in [1.165, 1.54) is 44.3 Å². The molecule has 0 saturated carbocycles. The lowest BCUT2D eigenvalue weighted by Gasteiger charge is -2.26. The van der Waals surface area contributed by atoms with Gasteiger partial charge in [0.05, 0.1) is 11.2 Å². The average molecular weight is 362 g/mol. The van der Waals surface area contributed by atoms with Crippen molar-refractivity contribution < 1.29 is 0 Å². The van der Waals surface area contributed by atoms with Gasteiger partial charge in [0.25, 0.3) is 0 Å². The number of rotatable bonds is 0. The van der Waals surface area contributed by atoms with E-state index < -0.39 is 0 Å². The standard InChI is InChI=1S/C26H22N2/c1-25(2)17-11-12-20-15(7-5-13-27-20)21(17)22-18(25)10-9-16-23(22)26(3,4)19-8-6-14-28-24(16)19/h5-14H,1-4H3. The first-order valence-electron chi connectivity index (χ1n) is 9.95. The molecule has 2 aromatic carbocycles. The molecule has 2 heteroatoms. The molecule has 0 unspecified atom stereocenters. The number of fused-ring (bicyclic) bond motifs is 9. The molecule has 0 saturated heterocycles. The first-order chi connectivity index (χ1) is 13.4. The fraction of sp³-hybridized carbons (Fsp3) is 0.231. The van der Waals surface area contributed by atoms with E-state index in [-0.39, 0.29) is 10.8 Å². The smallest absolute Gasteiger partial charge is 0.0746 e. The van der Waals surface area contributed by atoms with Crippen LogP contribution >= 0.6 is 0 Å². The minimum absolute atomic E-state index is 0.0258. The van der Waals surface area contributed by atoms with Crippen LogP contribution in [0.2, 0.25) is 0 Å². The van der Waals surface area contributed by atoms with Crippen LogP contribution in [-0.2, 0) is 10.8 Å². The Hall–Kier alpha value is -3.00. The van der Waals surface area contributed by atoms with Crippen molar-refractivity contribution in [1.82, 2.24) is 9.97 Å². The minimum atomic E-state index is -0.0770. The lowest BCUT2D eigenvalue weighted by molar-refractivity contribution is 0.647. The van der Waals surface area contributed by atoms with Gasteiger partial charge in [-0.25, -0.2) is 0 Å². The number of aromatic nitrogens is 2. The number of hydrogen-bond donors (Lipinski definition) is 0. The summed E-state index contributed by atoms with van der Waals surface area (Å²) >= 11 is 0. The van der Waals surface area contributed by atoms with Crippen LogP contribution in [0.1, 0.15) is 49.9 Å². The number of pyridine rings is 2. The van der Waals surface area contributed by atoms with Gasteiger partial charge in [-0.2, -0.15) is 0 Å². The molecule has 2 aromatic heterocycles. The van der Waals surface area contributed by atoms with Crippen molar-refractivity contribution in [3.63, 3.8) is 0 Å². The van der Waals surface area contributed by atoms with Crippen LogP contribution in [0, 0.1) is 0 Å². The average Bonchev–Trinajstić information content (AvgIpc) is 3.08. The van der Waals surface area contributed by atoms with E-state index in [0.29, 0.717) is 0 Å². The molecule has 6 rings (SSSR count). The summed E-state index contributed by atoms with van der Waals surface area (Å²) in [5.41, 5.74) is 11.7. The van der Waals surface area contributed by atoms with Gasteiger partial charge in [-0.1, -0.05) is 58.0 Å². The van der Waals surface area contributed by atoms with Crippen LogP contribution in [0.4, 0.5) is 0 Å². The number of nitrogens with zero attached hydrogens (tertiary/aromatic N) is 2. The third-order valence-corrected chi connectivity index (χ3v) is 6.95. The third kappa shape index (κ3) is 1.70. The lowest BCUT2D eigenvalue weighted by atomic mass is 9.77. The molecule has 0 aliphatic heterocycles. The van der Waals surface area contributed by atoms with Gasteiger partial charge in [-0.05, 0) is 51.6 Å². The van der Waals surface area contributed by atoms with Gasteiger partial charge in [-0.15, -0.1) is 0 Å². The van der Waals surface area contributed by atoms with Crippen LogP contribution in [-0.4, -0.2) is 9.97 Å². The van der Waals surface area contributed by atoms with Crippen molar-refractivity contribution in [1.29, 1.82) is 0 Å². The maximum absolute atomic E-state index is 4.76. The van der Waals surface area contributed by atoms with Gasteiger partial charge in [0.15, 0.2) is 0 Å². The monoisotopic (exact) mass is 362 g/mol. The van der Waals surface area contributed by atoms with Gasteiger partial charge < -0.3 is 0 Å². The molecule has 28 heavy (non-hydrogen) atoms. The normalized spacial score (nSPS) is 17.1. The van der Waals surface area contributed by atoms with E-state index in [1.807, 2.05) is 12.4 Å². The minimum Gasteiger partial charge on any atom is -0.256 e. The molecule has 2 heterocycles. The van der Waals surface area contributed by atoms with E-state index in [2.05, 4.69) is 81.2 Å². The van der Waals surface area contributed by atoms with Crippen LogP contribution in [0.25, 0.3) is 33.3 Å². The molecule has 2 nitrogen and oxygen atoms in total. The number of benzene rings is 2. The molecular formula is C26H22N2. The Morgan fingerprint density at radius 3 is 2.21 bits per heavy atom. The van der Waals surface area contributed by atoms with E-state index >= 15 is 0 Å². The zero-order chi connectivity index (χ0) is 19.3. The summed E-state index contributed by atoms with van der Waals surface area (Å²) < 4.78 is 0. The molecule has 2 aliphatic carbocycles. The fourth-order valence-electron chi connectivity index (χ4n) is 5.58. The van der Waals surface area contributed by atoms with Gasteiger partial charge in [0.2, 0.25) is 0 Å². The molecule has 0 spiro atoms. The maximum atomic E-state index is 4.76. The number of hydrogen-bond acceptors (Lipinski definition) is 2. The highest BCUT2D eigenvalue weighted by atomic mass is 14.7. The SMILES string of the molecule is CC1(C)c2ccc3c(c2-c2c1ccc1ncccc21)C(C)(C)c1cccnc1-3. The third-order valence-electron chi connectivity index (χ3n) is 6.95. The lowest BCUT2D eigenvalue weighted by Crippen LogP contribution is -2.18. The molecule has 0 bridgehead atoms. The largest absolute Gasteiger partial charge is 0.256 e. The predicted molar refractivity (Wildman–Crippen MR) is 115 cm³/mol. The summed E-state index contributed by atoms with van der Waals surface area (Å²) in [5, 5.41) is 1.25. The van der Waals surface area contributed by atoms with E-state index in [0.717, 1.165) is 11.2 Å². The first-order valence-corrected chi connectivity index (χ1v) is 9.95. The molecule has 2 aliphatic rings. The molecule has 0 atom stereocenters. The summed E-state index contributed by atoms with van der Waals surface area (Å²) in [6, 6.07) is 17.6. The van der Waals surface area contributed by atoms with Gasteiger partial charge in [0.1, 0.15) is 0 Å². The zero-order valence-corrected chi connectivity index (χ0v) is 16.7. The molecule has 4 aromatic rings. The quantitative estimate of drug-likeness (QED) is 0.370. The summed E-state index contributed by atoms with van der Waals surface area (Å²) in [6.07, 6.45) is 3.79. The van der Waals surface area contributed by atoms with Crippen molar-refractivity contribution in [3.8, 4) is 22.4 Å². The van der Waals surface area contributed by atoms with E-state index in [9.17, 15) is 0 Å². The second-order valence-electron chi connectivity index (χ2n) is 9.12. The second kappa shape index (κ2) is 4.88. The summed E-state index contributed by atoms with van der Waals surface area (Å²) in [6.45, 7) is 9.38. The highest BCUT2D eigenvalue weighted by molar-refractivity contribution is 6.04. The Labute approximate surface area is 165 Å². The highest BCUT2D eigenvalue weighted by Gasteiger charge is 2.45. The Balaban J connectivity index is 1.82. The van der Waals surface area contributed by atoms with Crippen molar-refractivity contribution in [2.24, 2.45) is 0 Å². The van der Waals surface area contributed by atoms with Gasteiger partial charge in [-0.3, -0.25) is 9.97 Å². The molecular weight excluding hydrogens is 340 g/mol. The van der Waals surface area contributed by atoms with Crippen molar-refractivity contribution in [3.05, 3.63) is 83.2 Å². The predicted octanol–water partition coefficient (Wildman–Crippen LogP) is 6.24. The van der Waals surface area contributed by atoms with Crippen LogP contribution in [0.15, 0.2) is 60.9 Å². The molecule has 0 amide bonds. The summed E-state index contributed by atoms with van der Waals surface area (Å²) in [5.74, 6) is 0. The maximum Gasteiger partial charge on any atom is 0.0746 e. The summed E-state index contributed by atoms with van der Waals surface area (Å²) in [7, 11) is 0. The van der Waals surface area contributed by atoms with Crippen molar-refractivity contribution >= 4 is 10.9 Å². The fourth-order valence-corrected chi connectivity index (χ4v) is 5.58. The van der Waals surface area contributed by atoms with E-state index in [1.54, 1.807) is 0 Å². The molecule has 0 radical (unpaired) electrons. The van der Waals surface area contributed by atoms with E-state index in [4.69, 9.17) is 4.98 Å². The topological polar surface area (TPSA) is 25.8 Å². The zero-order valence-electron chi connectivity index (χ0n) is 16.7. The summed E-state index contributed by atoms with van der Waals surface area (Å²) in [4.78, 5) is 9.40. The molecule has 0 fully saturated rings. The van der Waals surface area contributed by atoms with Crippen LogP contribution < -0.4 is 0 Å². The van der Waals surface area contributed by atoms with Crippen LogP contribution in [0.3, 0.4) is 0 Å². The first kappa shape index (κ1) is 16.0. The molecule has 136 valence electrons. The Morgan fingerprint density at radius 2 is 1.36 bits per heavy atom. The van der Waals surface area contributed by atoms with Gasteiger partial charge >= 0.3 is 0 Å². The molecule has 0 N–H and O–H groups in total. The van der Waals surface area contributed by atoms with Gasteiger partial charge in [0, 0.05) is 34.2 Å². The van der Waals surface area contributed by atoms with Crippen molar-refractivity contribution in [2.75, 3.05) is 0 Å². The second-order valence-corrected chi connectivity index (χ2v) is 9.12.